The maximum atomic E-state index is 11.6. The monoisotopic (exact) mass is 252 g/mol. The second-order valence-corrected chi connectivity index (χ2v) is 4.21. The summed E-state index contributed by atoms with van der Waals surface area (Å²) in [4.78, 5) is 19.7. The van der Waals surface area contributed by atoms with E-state index < -0.39 is 0 Å². The number of nitrogens with zero attached hydrogens (tertiary/aromatic N) is 3. The molecule has 0 unspecified atom stereocenters. The minimum atomic E-state index is -0.194. The van der Waals surface area contributed by atoms with Crippen molar-refractivity contribution in [2.75, 3.05) is 6.54 Å². The average Bonchev–Trinajstić information content (AvgIpc) is 2.99. The smallest absolute Gasteiger partial charge is 0.270 e. The summed E-state index contributed by atoms with van der Waals surface area (Å²) in [5, 5.41) is 11.6. The van der Waals surface area contributed by atoms with Gasteiger partial charge < -0.3 is 11.1 Å². The maximum Gasteiger partial charge on any atom is 0.270 e. The number of amides is 1. The minimum absolute atomic E-state index is 0.194. The number of nitrogens with two attached hydrogens (primary N) is 1. The van der Waals surface area contributed by atoms with Crippen molar-refractivity contribution in [1.82, 2.24) is 25.5 Å². The van der Waals surface area contributed by atoms with Crippen molar-refractivity contribution >= 4 is 17.2 Å². The Morgan fingerprint density at radius 2 is 2.47 bits per heavy atom. The van der Waals surface area contributed by atoms with Crippen LogP contribution in [0.4, 0.5) is 0 Å². The Morgan fingerprint density at radius 3 is 3.12 bits per heavy atom. The molecular formula is C9H12N6OS. The number of hydrogen-bond donors (Lipinski definition) is 3. The number of H-pyrrole nitrogens is 1. The van der Waals surface area contributed by atoms with Gasteiger partial charge in [-0.1, -0.05) is 0 Å². The summed E-state index contributed by atoms with van der Waals surface area (Å²) in [5.41, 5.74) is 5.83. The number of nitrogens with one attached hydrogen (secondary N) is 2. The van der Waals surface area contributed by atoms with Crippen molar-refractivity contribution in [2.45, 2.75) is 13.0 Å². The number of aromatic nitrogens is 4. The van der Waals surface area contributed by atoms with Crippen LogP contribution in [0.15, 0.2) is 11.7 Å². The van der Waals surface area contributed by atoms with Crippen LogP contribution in [0.5, 0.6) is 0 Å². The summed E-state index contributed by atoms with van der Waals surface area (Å²) in [6, 6.07) is 0. The standard InChI is InChI=1S/C9H12N6OS/c10-3-8-14-6(4-17-8)9(16)11-2-1-7-12-5-13-15-7/h4-5H,1-3,10H2,(H,11,16)(H,12,13,15). The van der Waals surface area contributed by atoms with Gasteiger partial charge in [0.1, 0.15) is 22.9 Å². The topological polar surface area (TPSA) is 110 Å². The van der Waals surface area contributed by atoms with Gasteiger partial charge in [0.2, 0.25) is 0 Å². The zero-order valence-electron chi connectivity index (χ0n) is 9.01. The minimum Gasteiger partial charge on any atom is -0.350 e. The van der Waals surface area contributed by atoms with Gasteiger partial charge in [-0.25, -0.2) is 9.97 Å². The van der Waals surface area contributed by atoms with Gasteiger partial charge in [-0.2, -0.15) is 5.10 Å². The number of carbonyl (C=O) groups is 1. The zero-order valence-corrected chi connectivity index (χ0v) is 9.83. The third kappa shape index (κ3) is 3.08. The van der Waals surface area contributed by atoms with Crippen LogP contribution < -0.4 is 11.1 Å². The van der Waals surface area contributed by atoms with Gasteiger partial charge in [-0.15, -0.1) is 11.3 Å². The third-order valence-corrected chi connectivity index (χ3v) is 2.94. The molecular weight excluding hydrogens is 240 g/mol. The van der Waals surface area contributed by atoms with E-state index >= 15 is 0 Å². The molecule has 17 heavy (non-hydrogen) atoms. The molecule has 1 amide bonds. The number of aromatic amines is 1. The molecule has 4 N–H and O–H groups in total. The predicted molar refractivity (Wildman–Crippen MR) is 62.4 cm³/mol. The van der Waals surface area contributed by atoms with Crippen LogP contribution >= 0.6 is 11.3 Å². The lowest BCUT2D eigenvalue weighted by atomic mass is 10.4. The molecule has 0 bridgehead atoms. The van der Waals surface area contributed by atoms with Crippen molar-refractivity contribution in [3.8, 4) is 0 Å². The van der Waals surface area contributed by atoms with Crippen molar-refractivity contribution in [3.63, 3.8) is 0 Å². The second kappa shape index (κ2) is 5.51. The van der Waals surface area contributed by atoms with E-state index in [1.807, 2.05) is 0 Å². The van der Waals surface area contributed by atoms with Gasteiger partial charge in [-0.05, 0) is 0 Å². The molecule has 0 aliphatic rings. The van der Waals surface area contributed by atoms with Crippen molar-refractivity contribution in [3.05, 3.63) is 28.2 Å². The molecule has 0 saturated heterocycles. The van der Waals surface area contributed by atoms with Crippen LogP contribution in [0.3, 0.4) is 0 Å². The van der Waals surface area contributed by atoms with Gasteiger partial charge in [0.15, 0.2) is 0 Å². The highest BCUT2D eigenvalue weighted by Crippen LogP contribution is 2.08. The van der Waals surface area contributed by atoms with Crippen LogP contribution in [0, 0.1) is 0 Å². The first-order valence-electron chi connectivity index (χ1n) is 5.06. The average molecular weight is 252 g/mol. The molecule has 8 heteroatoms. The Labute approximate surface area is 101 Å². The lowest BCUT2D eigenvalue weighted by molar-refractivity contribution is 0.0949. The van der Waals surface area contributed by atoms with Gasteiger partial charge in [0.25, 0.3) is 5.91 Å². The van der Waals surface area contributed by atoms with Crippen molar-refractivity contribution in [1.29, 1.82) is 0 Å². The molecule has 2 aromatic heterocycles. The van der Waals surface area contributed by atoms with Crippen LogP contribution in [0.25, 0.3) is 0 Å². The lowest BCUT2D eigenvalue weighted by Crippen LogP contribution is -2.26. The Hall–Kier alpha value is -1.80. The first kappa shape index (κ1) is 11.7. The molecule has 90 valence electrons. The molecule has 7 nitrogen and oxygen atoms in total. The molecule has 2 aromatic rings. The molecule has 2 heterocycles. The van der Waals surface area contributed by atoms with Crippen LogP contribution in [-0.4, -0.2) is 32.6 Å². The van der Waals surface area contributed by atoms with E-state index in [-0.39, 0.29) is 5.91 Å². The highest BCUT2D eigenvalue weighted by Gasteiger charge is 2.09. The van der Waals surface area contributed by atoms with Gasteiger partial charge in [0, 0.05) is 24.9 Å². The number of carbonyl (C=O) groups excluding carboxylic acids is 1. The van der Waals surface area contributed by atoms with Gasteiger partial charge >= 0.3 is 0 Å². The number of rotatable bonds is 5. The third-order valence-electron chi connectivity index (χ3n) is 2.07. The Bertz CT molecular complexity index is 479. The molecule has 0 saturated carbocycles. The summed E-state index contributed by atoms with van der Waals surface area (Å²) in [7, 11) is 0. The number of thiazole rings is 1. The fraction of sp³-hybridized carbons (Fsp3) is 0.333. The summed E-state index contributed by atoms with van der Waals surface area (Å²) in [5.74, 6) is 0.548. The predicted octanol–water partition coefficient (Wildman–Crippen LogP) is -0.308. The van der Waals surface area contributed by atoms with E-state index in [9.17, 15) is 4.79 Å². The fourth-order valence-corrected chi connectivity index (χ4v) is 1.90. The van der Waals surface area contributed by atoms with Crippen LogP contribution in [0.1, 0.15) is 21.3 Å². The normalized spacial score (nSPS) is 10.4. The molecule has 0 spiro atoms. The summed E-state index contributed by atoms with van der Waals surface area (Å²) in [6.07, 6.45) is 2.05. The van der Waals surface area contributed by atoms with E-state index in [0.29, 0.717) is 25.2 Å². The fourth-order valence-electron chi connectivity index (χ4n) is 1.25. The van der Waals surface area contributed by atoms with Crippen molar-refractivity contribution in [2.24, 2.45) is 5.73 Å². The van der Waals surface area contributed by atoms with E-state index in [1.54, 1.807) is 5.38 Å². The Kier molecular flexibility index (Phi) is 3.78. The van der Waals surface area contributed by atoms with Crippen LogP contribution in [-0.2, 0) is 13.0 Å². The molecule has 0 atom stereocenters. The van der Waals surface area contributed by atoms with E-state index in [0.717, 1.165) is 10.8 Å². The first-order valence-corrected chi connectivity index (χ1v) is 5.94. The molecule has 0 aliphatic heterocycles. The maximum absolute atomic E-state index is 11.6. The highest BCUT2D eigenvalue weighted by molar-refractivity contribution is 7.09. The van der Waals surface area contributed by atoms with E-state index in [1.165, 1.54) is 17.7 Å². The lowest BCUT2D eigenvalue weighted by Gasteiger charge is -2.00. The quantitative estimate of drug-likeness (QED) is 0.676. The second-order valence-electron chi connectivity index (χ2n) is 3.27. The summed E-state index contributed by atoms with van der Waals surface area (Å²) < 4.78 is 0. The number of hydrogen-bond acceptors (Lipinski definition) is 6. The Morgan fingerprint density at radius 1 is 1.59 bits per heavy atom. The highest BCUT2D eigenvalue weighted by atomic mass is 32.1. The van der Waals surface area contributed by atoms with Gasteiger partial charge in [-0.3, -0.25) is 9.89 Å². The SMILES string of the molecule is NCc1nc(C(=O)NCCc2ncn[nH]2)cs1. The largest absolute Gasteiger partial charge is 0.350 e. The van der Waals surface area contributed by atoms with Gasteiger partial charge in [0.05, 0.1) is 0 Å². The van der Waals surface area contributed by atoms with Crippen LogP contribution in [0.2, 0.25) is 0 Å². The Balaban J connectivity index is 1.81. The zero-order chi connectivity index (χ0) is 12.1. The first-order chi connectivity index (χ1) is 8.29. The molecule has 0 aromatic carbocycles. The molecule has 0 radical (unpaired) electrons. The molecule has 0 aliphatic carbocycles. The van der Waals surface area contributed by atoms with E-state index in [2.05, 4.69) is 25.5 Å². The summed E-state index contributed by atoms with van der Waals surface area (Å²) in [6.45, 7) is 0.847. The molecule has 0 fully saturated rings. The molecule has 2 rings (SSSR count). The van der Waals surface area contributed by atoms with Crippen molar-refractivity contribution < 1.29 is 4.79 Å². The van der Waals surface area contributed by atoms with E-state index in [4.69, 9.17) is 5.73 Å². The summed E-state index contributed by atoms with van der Waals surface area (Å²) >= 11 is 1.38.